The van der Waals surface area contributed by atoms with Crippen LogP contribution >= 0.6 is 0 Å². The van der Waals surface area contributed by atoms with E-state index in [2.05, 4.69) is 48.6 Å². The molecule has 0 aromatic heterocycles. The van der Waals surface area contributed by atoms with Crippen molar-refractivity contribution in [3.8, 4) is 0 Å². The fourth-order valence-electron chi connectivity index (χ4n) is 2.47. The molecule has 94 valence electrons. The largest absolute Gasteiger partial charge is 0.312 e. The minimum Gasteiger partial charge on any atom is -0.312 e. The fourth-order valence-corrected chi connectivity index (χ4v) is 2.47. The predicted molar refractivity (Wildman–Crippen MR) is 73.4 cm³/mol. The highest BCUT2D eigenvalue weighted by Crippen LogP contribution is 2.36. The first kappa shape index (κ1) is 12.6. The van der Waals surface area contributed by atoms with Gasteiger partial charge in [-0.15, -0.1) is 0 Å². The molecule has 0 radical (unpaired) electrons. The lowest BCUT2D eigenvalue weighted by Crippen LogP contribution is -2.28. The SMILES string of the molecule is CNC(CN(C)C)c1ccc(C2CCC2)cc1. The monoisotopic (exact) mass is 232 g/mol. The first-order valence-electron chi connectivity index (χ1n) is 6.62. The zero-order chi connectivity index (χ0) is 12.3. The topological polar surface area (TPSA) is 15.3 Å². The van der Waals surface area contributed by atoms with Crippen LogP contribution in [0.3, 0.4) is 0 Å². The molecule has 0 heterocycles. The van der Waals surface area contributed by atoms with Crippen LogP contribution in [0.15, 0.2) is 24.3 Å². The summed E-state index contributed by atoms with van der Waals surface area (Å²) < 4.78 is 0. The van der Waals surface area contributed by atoms with Crippen LogP contribution in [0.2, 0.25) is 0 Å². The van der Waals surface area contributed by atoms with Crippen LogP contribution in [0, 0.1) is 0 Å². The molecule has 1 saturated carbocycles. The average molecular weight is 232 g/mol. The molecule has 0 aliphatic heterocycles. The Hall–Kier alpha value is -0.860. The van der Waals surface area contributed by atoms with Gasteiger partial charge in [0.25, 0.3) is 0 Å². The van der Waals surface area contributed by atoms with E-state index in [1.165, 1.54) is 30.4 Å². The van der Waals surface area contributed by atoms with Crippen molar-refractivity contribution >= 4 is 0 Å². The van der Waals surface area contributed by atoms with Crippen LogP contribution in [0.1, 0.15) is 42.3 Å². The van der Waals surface area contributed by atoms with Gasteiger partial charge in [0.15, 0.2) is 0 Å². The van der Waals surface area contributed by atoms with Gasteiger partial charge in [0, 0.05) is 12.6 Å². The molecule has 1 aliphatic carbocycles. The third kappa shape index (κ3) is 3.08. The highest BCUT2D eigenvalue weighted by molar-refractivity contribution is 5.28. The Morgan fingerprint density at radius 1 is 1.24 bits per heavy atom. The summed E-state index contributed by atoms with van der Waals surface area (Å²) in [6, 6.07) is 9.65. The number of nitrogens with zero attached hydrogens (tertiary/aromatic N) is 1. The zero-order valence-corrected chi connectivity index (χ0v) is 11.2. The standard InChI is InChI=1S/C15H24N2/c1-16-15(11-17(2)3)14-9-7-13(8-10-14)12-5-4-6-12/h7-10,12,15-16H,4-6,11H2,1-3H3. The lowest BCUT2D eigenvalue weighted by molar-refractivity contribution is 0.352. The maximum absolute atomic E-state index is 3.38. The molecule has 1 aliphatic rings. The van der Waals surface area contributed by atoms with Crippen molar-refractivity contribution < 1.29 is 0 Å². The fraction of sp³-hybridized carbons (Fsp3) is 0.600. The number of rotatable bonds is 5. The lowest BCUT2D eigenvalue weighted by atomic mass is 9.80. The molecule has 0 bridgehead atoms. The third-order valence-corrected chi connectivity index (χ3v) is 3.81. The van der Waals surface area contributed by atoms with Crippen LogP contribution in [-0.2, 0) is 0 Å². The summed E-state index contributed by atoms with van der Waals surface area (Å²) in [4.78, 5) is 2.22. The van der Waals surface area contributed by atoms with Gasteiger partial charge in [-0.3, -0.25) is 0 Å². The van der Waals surface area contributed by atoms with E-state index in [1.807, 2.05) is 7.05 Å². The summed E-state index contributed by atoms with van der Waals surface area (Å²) in [5.74, 6) is 0.839. The minimum absolute atomic E-state index is 0.431. The van der Waals surface area contributed by atoms with Gasteiger partial charge in [0.05, 0.1) is 0 Å². The van der Waals surface area contributed by atoms with Gasteiger partial charge >= 0.3 is 0 Å². The third-order valence-electron chi connectivity index (χ3n) is 3.81. The number of likely N-dealkylation sites (N-methyl/N-ethyl adjacent to an activating group) is 2. The molecule has 1 unspecified atom stereocenters. The molecular weight excluding hydrogens is 208 g/mol. The molecule has 1 aromatic carbocycles. The molecule has 1 atom stereocenters. The van der Waals surface area contributed by atoms with E-state index in [4.69, 9.17) is 0 Å². The molecule has 1 fully saturated rings. The minimum atomic E-state index is 0.431. The second-order valence-electron chi connectivity index (χ2n) is 5.40. The van der Waals surface area contributed by atoms with E-state index in [1.54, 1.807) is 0 Å². The van der Waals surface area contributed by atoms with Crippen LogP contribution in [0.5, 0.6) is 0 Å². The number of hydrogen-bond donors (Lipinski definition) is 1. The average Bonchev–Trinajstić information content (AvgIpc) is 2.24. The first-order chi connectivity index (χ1) is 8.20. The van der Waals surface area contributed by atoms with Crippen LogP contribution in [-0.4, -0.2) is 32.6 Å². The predicted octanol–water partition coefficient (Wildman–Crippen LogP) is 2.78. The normalized spacial score (nSPS) is 18.1. The number of hydrogen-bond acceptors (Lipinski definition) is 2. The second-order valence-corrected chi connectivity index (χ2v) is 5.40. The second kappa shape index (κ2) is 5.65. The van der Waals surface area contributed by atoms with Gasteiger partial charge in [-0.05, 0) is 51.0 Å². The Kier molecular flexibility index (Phi) is 4.19. The summed E-state index contributed by atoms with van der Waals surface area (Å²) in [7, 11) is 6.27. The Morgan fingerprint density at radius 2 is 1.88 bits per heavy atom. The van der Waals surface area contributed by atoms with E-state index in [9.17, 15) is 0 Å². The zero-order valence-electron chi connectivity index (χ0n) is 11.2. The summed E-state index contributed by atoms with van der Waals surface area (Å²) >= 11 is 0. The molecule has 0 amide bonds. The Balaban J connectivity index is 2.04. The van der Waals surface area contributed by atoms with Crippen LogP contribution in [0.25, 0.3) is 0 Å². The summed E-state index contributed by atoms with van der Waals surface area (Å²) in [5, 5.41) is 3.38. The van der Waals surface area contributed by atoms with Crippen molar-refractivity contribution in [2.24, 2.45) is 0 Å². The van der Waals surface area contributed by atoms with Crippen molar-refractivity contribution in [3.05, 3.63) is 35.4 Å². The number of benzene rings is 1. The molecule has 2 rings (SSSR count). The molecule has 2 heteroatoms. The summed E-state index contributed by atoms with van der Waals surface area (Å²) in [6.07, 6.45) is 4.17. The maximum atomic E-state index is 3.38. The van der Waals surface area contributed by atoms with Crippen LogP contribution in [0.4, 0.5) is 0 Å². The molecule has 0 saturated heterocycles. The van der Waals surface area contributed by atoms with Gasteiger partial charge < -0.3 is 10.2 Å². The Bertz CT molecular complexity index is 338. The number of nitrogens with one attached hydrogen (secondary N) is 1. The summed E-state index contributed by atoms with van der Waals surface area (Å²) in [5.41, 5.74) is 2.92. The van der Waals surface area contributed by atoms with Gasteiger partial charge in [-0.2, -0.15) is 0 Å². The molecule has 2 nitrogen and oxygen atoms in total. The maximum Gasteiger partial charge on any atom is 0.0446 e. The highest BCUT2D eigenvalue weighted by atomic mass is 15.1. The quantitative estimate of drug-likeness (QED) is 0.840. The molecular formula is C15H24N2. The van der Waals surface area contributed by atoms with Crippen molar-refractivity contribution in [2.75, 3.05) is 27.7 Å². The lowest BCUT2D eigenvalue weighted by Gasteiger charge is -2.26. The van der Waals surface area contributed by atoms with Gasteiger partial charge in [0.1, 0.15) is 0 Å². The molecule has 17 heavy (non-hydrogen) atoms. The molecule has 1 aromatic rings. The van der Waals surface area contributed by atoms with E-state index >= 15 is 0 Å². The van der Waals surface area contributed by atoms with E-state index in [-0.39, 0.29) is 0 Å². The first-order valence-corrected chi connectivity index (χ1v) is 6.62. The molecule has 1 N–H and O–H groups in total. The van der Waals surface area contributed by atoms with Crippen molar-refractivity contribution in [1.82, 2.24) is 10.2 Å². The van der Waals surface area contributed by atoms with E-state index < -0.39 is 0 Å². The van der Waals surface area contributed by atoms with Gasteiger partial charge in [0.2, 0.25) is 0 Å². The van der Waals surface area contributed by atoms with Crippen molar-refractivity contribution in [2.45, 2.75) is 31.2 Å². The van der Waals surface area contributed by atoms with Crippen molar-refractivity contribution in [1.29, 1.82) is 0 Å². The Morgan fingerprint density at radius 3 is 2.29 bits per heavy atom. The van der Waals surface area contributed by atoms with E-state index in [0.717, 1.165) is 12.5 Å². The summed E-state index contributed by atoms with van der Waals surface area (Å²) in [6.45, 7) is 1.04. The van der Waals surface area contributed by atoms with Gasteiger partial charge in [-0.25, -0.2) is 0 Å². The van der Waals surface area contributed by atoms with Crippen LogP contribution < -0.4 is 5.32 Å². The molecule has 0 spiro atoms. The van der Waals surface area contributed by atoms with Gasteiger partial charge in [-0.1, -0.05) is 30.7 Å². The van der Waals surface area contributed by atoms with Crippen molar-refractivity contribution in [3.63, 3.8) is 0 Å². The smallest absolute Gasteiger partial charge is 0.0446 e. The van der Waals surface area contributed by atoms with E-state index in [0.29, 0.717) is 6.04 Å². The highest BCUT2D eigenvalue weighted by Gasteiger charge is 2.19. The Labute approximate surface area is 105 Å².